The summed E-state index contributed by atoms with van der Waals surface area (Å²) in [5.74, 6) is 0. The lowest BCUT2D eigenvalue weighted by molar-refractivity contribution is -0.387. The number of halogens is 2. The molecule has 0 aliphatic carbocycles. The molecule has 1 aromatic rings. The summed E-state index contributed by atoms with van der Waals surface area (Å²) in [6.45, 7) is 1.30. The lowest BCUT2D eigenvalue weighted by atomic mass is 10.3. The second-order valence-electron chi connectivity index (χ2n) is 4.54. The van der Waals surface area contributed by atoms with Gasteiger partial charge in [-0.05, 0) is 25.1 Å². The van der Waals surface area contributed by atoms with E-state index >= 15 is 0 Å². The van der Waals surface area contributed by atoms with Gasteiger partial charge in [-0.15, -0.1) is 12.4 Å². The molecule has 1 heterocycles. The van der Waals surface area contributed by atoms with Crippen LogP contribution >= 0.6 is 28.3 Å². The Labute approximate surface area is 137 Å². The molecule has 2 rings (SSSR count). The molecule has 10 heteroatoms. The predicted octanol–water partition coefficient (Wildman–Crippen LogP) is 1.76. The highest BCUT2D eigenvalue weighted by Crippen LogP contribution is 2.30. The molecule has 1 saturated heterocycles. The van der Waals surface area contributed by atoms with Gasteiger partial charge in [0.25, 0.3) is 5.69 Å². The first-order valence-corrected chi connectivity index (χ1v) is 8.20. The molecular weight excluding hydrogens is 386 g/mol. The van der Waals surface area contributed by atoms with E-state index in [1.165, 1.54) is 29.6 Å². The monoisotopic (exact) mass is 399 g/mol. The van der Waals surface area contributed by atoms with E-state index in [1.54, 1.807) is 0 Å². The summed E-state index contributed by atoms with van der Waals surface area (Å²) in [5, 5.41) is 14.1. The van der Waals surface area contributed by atoms with Crippen LogP contribution in [0.3, 0.4) is 0 Å². The third-order valence-corrected chi connectivity index (χ3v) is 5.77. The number of nitro benzene ring substituents is 1. The SMILES string of the molecule is CN(C1CCNC1)S(=O)(=O)c1ccc(Br)cc1[N+](=O)[O-].Cl. The summed E-state index contributed by atoms with van der Waals surface area (Å²) < 4.78 is 26.7. The van der Waals surface area contributed by atoms with Gasteiger partial charge in [0.05, 0.1) is 4.92 Å². The Hall–Kier alpha value is -0.740. The molecule has 1 aromatic carbocycles. The van der Waals surface area contributed by atoms with Crippen LogP contribution in [-0.2, 0) is 10.0 Å². The number of sulfonamides is 1. The molecule has 0 saturated carbocycles. The van der Waals surface area contributed by atoms with E-state index < -0.39 is 20.6 Å². The number of nitrogens with one attached hydrogen (secondary N) is 1. The maximum Gasteiger partial charge on any atom is 0.290 e. The van der Waals surface area contributed by atoms with E-state index in [2.05, 4.69) is 21.2 Å². The summed E-state index contributed by atoms with van der Waals surface area (Å²) in [6, 6.07) is 3.77. The Morgan fingerprint density at radius 1 is 1.48 bits per heavy atom. The molecule has 1 atom stereocenters. The normalized spacial score (nSPS) is 18.5. The topological polar surface area (TPSA) is 92.6 Å². The van der Waals surface area contributed by atoms with Crippen molar-refractivity contribution < 1.29 is 13.3 Å². The Kier molecular flexibility index (Phi) is 6.11. The second kappa shape index (κ2) is 7.01. The van der Waals surface area contributed by atoms with Crippen molar-refractivity contribution in [3.05, 3.63) is 32.8 Å². The van der Waals surface area contributed by atoms with Gasteiger partial charge in [0.2, 0.25) is 10.0 Å². The van der Waals surface area contributed by atoms with Crippen LogP contribution in [0.15, 0.2) is 27.6 Å². The van der Waals surface area contributed by atoms with Crippen molar-refractivity contribution in [1.29, 1.82) is 0 Å². The average molecular weight is 401 g/mol. The molecule has 1 fully saturated rings. The Balaban J connectivity index is 0.00000220. The standard InChI is InChI=1S/C11H14BrN3O4S.ClH/c1-14(9-4-5-13-7-9)20(18,19)11-3-2-8(12)6-10(11)15(16)17;/h2-3,6,9,13H,4-5,7H2,1H3;1H. The molecule has 21 heavy (non-hydrogen) atoms. The van der Waals surface area contributed by atoms with Crippen LogP contribution < -0.4 is 5.32 Å². The number of likely N-dealkylation sites (N-methyl/N-ethyl adjacent to an activating group) is 1. The largest absolute Gasteiger partial charge is 0.315 e. The van der Waals surface area contributed by atoms with E-state index in [0.717, 1.165) is 6.54 Å². The lowest BCUT2D eigenvalue weighted by Crippen LogP contribution is -2.38. The molecule has 0 amide bonds. The van der Waals surface area contributed by atoms with Crippen molar-refractivity contribution >= 4 is 44.0 Å². The first-order chi connectivity index (χ1) is 9.34. The lowest BCUT2D eigenvalue weighted by Gasteiger charge is -2.22. The Morgan fingerprint density at radius 3 is 2.67 bits per heavy atom. The van der Waals surface area contributed by atoms with E-state index in [1.807, 2.05) is 0 Å². The third kappa shape index (κ3) is 3.72. The fraction of sp³-hybridized carbons (Fsp3) is 0.455. The van der Waals surface area contributed by atoms with E-state index in [0.29, 0.717) is 17.4 Å². The van der Waals surface area contributed by atoms with Crippen LogP contribution in [-0.4, -0.2) is 43.8 Å². The quantitative estimate of drug-likeness (QED) is 0.614. The van der Waals surface area contributed by atoms with Crippen molar-refractivity contribution in [2.24, 2.45) is 0 Å². The summed E-state index contributed by atoms with van der Waals surface area (Å²) in [5.41, 5.74) is -0.419. The zero-order valence-electron chi connectivity index (χ0n) is 11.2. The van der Waals surface area contributed by atoms with Crippen LogP contribution in [0.4, 0.5) is 5.69 Å². The minimum Gasteiger partial charge on any atom is -0.315 e. The maximum atomic E-state index is 12.5. The molecule has 7 nitrogen and oxygen atoms in total. The number of rotatable bonds is 4. The van der Waals surface area contributed by atoms with E-state index in [9.17, 15) is 18.5 Å². The second-order valence-corrected chi connectivity index (χ2v) is 7.42. The van der Waals surface area contributed by atoms with Gasteiger partial charge in [-0.3, -0.25) is 10.1 Å². The van der Waals surface area contributed by atoms with Gasteiger partial charge in [-0.2, -0.15) is 4.31 Å². The number of hydrogen-bond donors (Lipinski definition) is 1. The minimum absolute atomic E-state index is 0. The van der Waals surface area contributed by atoms with Gasteiger partial charge in [-0.25, -0.2) is 8.42 Å². The summed E-state index contributed by atoms with van der Waals surface area (Å²) >= 11 is 3.11. The van der Waals surface area contributed by atoms with E-state index in [-0.39, 0.29) is 23.3 Å². The van der Waals surface area contributed by atoms with Crippen LogP contribution in [0.1, 0.15) is 6.42 Å². The van der Waals surface area contributed by atoms with Gasteiger partial charge < -0.3 is 5.32 Å². The molecule has 118 valence electrons. The molecule has 1 N–H and O–H groups in total. The van der Waals surface area contributed by atoms with Crippen molar-refractivity contribution in [1.82, 2.24) is 9.62 Å². The number of hydrogen-bond acceptors (Lipinski definition) is 5. The molecule has 0 radical (unpaired) electrons. The third-order valence-electron chi connectivity index (χ3n) is 3.32. The summed E-state index contributed by atoms with van der Waals surface area (Å²) in [4.78, 5) is 10.1. The summed E-state index contributed by atoms with van der Waals surface area (Å²) in [7, 11) is -2.43. The number of nitrogens with zero attached hydrogens (tertiary/aromatic N) is 2. The Bertz CT molecular complexity index is 634. The molecule has 0 aromatic heterocycles. The molecule has 1 aliphatic heterocycles. The summed E-state index contributed by atoms with van der Waals surface area (Å²) in [6.07, 6.45) is 0.694. The van der Waals surface area contributed by atoms with Gasteiger partial charge in [-0.1, -0.05) is 15.9 Å². The maximum absolute atomic E-state index is 12.5. The molecule has 1 unspecified atom stereocenters. The van der Waals surface area contributed by atoms with Gasteiger partial charge in [0, 0.05) is 30.2 Å². The van der Waals surface area contributed by atoms with Crippen LogP contribution in [0.25, 0.3) is 0 Å². The predicted molar refractivity (Wildman–Crippen MR) is 84.3 cm³/mol. The number of benzene rings is 1. The van der Waals surface area contributed by atoms with Crippen molar-refractivity contribution in [3.63, 3.8) is 0 Å². The van der Waals surface area contributed by atoms with E-state index in [4.69, 9.17) is 0 Å². The highest BCUT2D eigenvalue weighted by Gasteiger charge is 2.34. The molecule has 1 aliphatic rings. The average Bonchev–Trinajstić information content (AvgIpc) is 2.91. The highest BCUT2D eigenvalue weighted by molar-refractivity contribution is 9.10. The van der Waals surface area contributed by atoms with Crippen molar-refractivity contribution in [2.45, 2.75) is 17.4 Å². The first kappa shape index (κ1) is 18.3. The minimum atomic E-state index is -3.88. The Morgan fingerprint density at radius 2 is 2.14 bits per heavy atom. The van der Waals surface area contributed by atoms with Gasteiger partial charge >= 0.3 is 0 Å². The fourth-order valence-electron chi connectivity index (χ4n) is 2.15. The van der Waals surface area contributed by atoms with Gasteiger partial charge in [0.15, 0.2) is 4.90 Å². The smallest absolute Gasteiger partial charge is 0.290 e. The molecule has 0 bridgehead atoms. The molecular formula is C11H15BrClN3O4S. The van der Waals surface area contributed by atoms with Crippen molar-refractivity contribution in [3.8, 4) is 0 Å². The molecule has 0 spiro atoms. The zero-order chi connectivity index (χ0) is 14.9. The first-order valence-electron chi connectivity index (χ1n) is 5.96. The van der Waals surface area contributed by atoms with Crippen LogP contribution in [0.5, 0.6) is 0 Å². The highest BCUT2D eigenvalue weighted by atomic mass is 79.9. The zero-order valence-corrected chi connectivity index (χ0v) is 14.4. The fourth-order valence-corrected chi connectivity index (χ4v) is 4.02. The van der Waals surface area contributed by atoms with Crippen LogP contribution in [0, 0.1) is 10.1 Å². The number of nitro groups is 1. The van der Waals surface area contributed by atoms with Crippen molar-refractivity contribution in [2.75, 3.05) is 20.1 Å². The van der Waals surface area contributed by atoms with Gasteiger partial charge in [0.1, 0.15) is 0 Å². The van der Waals surface area contributed by atoms with Crippen LogP contribution in [0.2, 0.25) is 0 Å².